The number of fused-ring (bicyclic) bond motifs is 1. The molecule has 0 spiro atoms. The summed E-state index contributed by atoms with van der Waals surface area (Å²) in [4.78, 5) is 29.0. The van der Waals surface area contributed by atoms with E-state index in [2.05, 4.69) is 32.6 Å². The van der Waals surface area contributed by atoms with Crippen LogP contribution in [0.4, 0.5) is 11.5 Å². The molecule has 9 heteroatoms. The van der Waals surface area contributed by atoms with Gasteiger partial charge in [-0.3, -0.25) is 14.6 Å². The van der Waals surface area contributed by atoms with E-state index in [1.807, 2.05) is 20.8 Å². The van der Waals surface area contributed by atoms with Gasteiger partial charge in [0, 0.05) is 41.4 Å². The van der Waals surface area contributed by atoms with E-state index in [-0.39, 0.29) is 17.9 Å². The molecule has 2 aromatic heterocycles. The van der Waals surface area contributed by atoms with Crippen molar-refractivity contribution in [3.05, 3.63) is 72.1 Å². The fraction of sp³-hybridized carbons (Fsp3) is 0.214. The molecule has 0 atom stereocenters. The van der Waals surface area contributed by atoms with Gasteiger partial charge in [-0.2, -0.15) is 0 Å². The number of hydrogen-bond donors (Lipinski definition) is 2. The van der Waals surface area contributed by atoms with Gasteiger partial charge in [0.15, 0.2) is 5.82 Å². The van der Waals surface area contributed by atoms with Crippen molar-refractivity contribution in [1.29, 1.82) is 0 Å². The lowest BCUT2D eigenvalue weighted by Gasteiger charge is -2.12. The third kappa shape index (κ3) is 6.51. The second-order valence-electron chi connectivity index (χ2n) is 9.14. The Kier molecular flexibility index (Phi) is 7.51. The maximum atomic E-state index is 12.6. The Balaban J connectivity index is 1.47. The molecule has 2 heterocycles. The van der Waals surface area contributed by atoms with Gasteiger partial charge in [0.1, 0.15) is 23.9 Å². The van der Waals surface area contributed by atoms with E-state index in [0.29, 0.717) is 45.2 Å². The van der Waals surface area contributed by atoms with Crippen molar-refractivity contribution < 1.29 is 23.6 Å². The summed E-state index contributed by atoms with van der Waals surface area (Å²) in [5, 5.41) is 10.1. The van der Waals surface area contributed by atoms with Crippen LogP contribution in [0.5, 0.6) is 11.5 Å². The van der Waals surface area contributed by atoms with E-state index in [1.54, 1.807) is 60.8 Å². The molecule has 9 nitrogen and oxygen atoms in total. The molecule has 0 fully saturated rings. The van der Waals surface area contributed by atoms with E-state index in [1.165, 1.54) is 7.11 Å². The molecule has 0 saturated heterocycles. The van der Waals surface area contributed by atoms with Gasteiger partial charge in [-0.25, -0.2) is 0 Å². The van der Waals surface area contributed by atoms with Crippen LogP contribution in [0, 0.1) is 11.8 Å². The standard InChI is InChI=1S/C28H26N4O5/c1-28(2,3)24-17-25(32-37-24)31-27(34)18-7-10-20(11-8-18)36-23-13-14-29-22-12-9-19(16-21(22)23)30-26(33)6-5-15-35-4/h7-14,16-17H,15H2,1-4H3,(H,30,33)(H,31,32,34). The van der Waals surface area contributed by atoms with Crippen LogP contribution in [0.15, 0.2) is 65.3 Å². The maximum absolute atomic E-state index is 12.6. The molecule has 0 bridgehead atoms. The summed E-state index contributed by atoms with van der Waals surface area (Å²) in [5.74, 6) is 6.41. The minimum absolute atomic E-state index is 0.172. The van der Waals surface area contributed by atoms with Crippen LogP contribution < -0.4 is 15.4 Å². The summed E-state index contributed by atoms with van der Waals surface area (Å²) in [6.45, 7) is 6.17. The summed E-state index contributed by atoms with van der Waals surface area (Å²) in [7, 11) is 1.51. The van der Waals surface area contributed by atoms with Gasteiger partial charge in [-0.1, -0.05) is 31.8 Å². The molecule has 0 aliphatic carbocycles. The number of hydrogen-bond acceptors (Lipinski definition) is 7. The summed E-state index contributed by atoms with van der Waals surface area (Å²) in [6, 6.07) is 15.4. The Morgan fingerprint density at radius 2 is 1.81 bits per heavy atom. The monoisotopic (exact) mass is 498 g/mol. The number of rotatable bonds is 6. The van der Waals surface area contributed by atoms with Gasteiger partial charge < -0.3 is 24.6 Å². The van der Waals surface area contributed by atoms with Gasteiger partial charge in [0.2, 0.25) is 0 Å². The lowest BCUT2D eigenvalue weighted by atomic mass is 9.93. The van der Waals surface area contributed by atoms with Crippen molar-refractivity contribution in [1.82, 2.24) is 10.1 Å². The number of nitrogens with one attached hydrogen (secondary N) is 2. The van der Waals surface area contributed by atoms with E-state index < -0.39 is 5.91 Å². The molecule has 0 unspecified atom stereocenters. The van der Waals surface area contributed by atoms with Crippen LogP contribution in [0.25, 0.3) is 10.9 Å². The number of aromatic nitrogens is 2. The minimum Gasteiger partial charge on any atom is -0.457 e. The first kappa shape index (κ1) is 25.4. The zero-order valence-electron chi connectivity index (χ0n) is 20.9. The van der Waals surface area contributed by atoms with Crippen molar-refractivity contribution in [3.63, 3.8) is 0 Å². The van der Waals surface area contributed by atoms with Gasteiger partial charge in [-0.15, -0.1) is 0 Å². The van der Waals surface area contributed by atoms with Crippen LogP contribution in [0.2, 0.25) is 0 Å². The van der Waals surface area contributed by atoms with Gasteiger partial charge >= 0.3 is 0 Å². The van der Waals surface area contributed by atoms with Crippen LogP contribution >= 0.6 is 0 Å². The molecule has 0 radical (unpaired) electrons. The third-order valence-corrected chi connectivity index (χ3v) is 5.21. The summed E-state index contributed by atoms with van der Waals surface area (Å²) >= 11 is 0. The van der Waals surface area contributed by atoms with Crippen molar-refractivity contribution in [2.45, 2.75) is 26.2 Å². The molecule has 4 aromatic rings. The number of pyridine rings is 1. The van der Waals surface area contributed by atoms with Crippen LogP contribution in [-0.4, -0.2) is 35.7 Å². The topological polar surface area (TPSA) is 116 Å². The largest absolute Gasteiger partial charge is 0.457 e. The first-order valence-electron chi connectivity index (χ1n) is 11.5. The Hall–Kier alpha value is -4.68. The maximum Gasteiger partial charge on any atom is 0.300 e. The zero-order chi connectivity index (χ0) is 26.4. The third-order valence-electron chi connectivity index (χ3n) is 5.21. The first-order chi connectivity index (χ1) is 17.7. The highest BCUT2D eigenvalue weighted by Gasteiger charge is 2.20. The van der Waals surface area contributed by atoms with Crippen molar-refractivity contribution in [3.8, 4) is 23.3 Å². The molecule has 4 rings (SSSR count). The van der Waals surface area contributed by atoms with E-state index in [0.717, 1.165) is 0 Å². The molecule has 0 aliphatic heterocycles. The predicted molar refractivity (Wildman–Crippen MR) is 140 cm³/mol. The second kappa shape index (κ2) is 10.9. The lowest BCUT2D eigenvalue weighted by molar-refractivity contribution is -0.111. The molecular weight excluding hydrogens is 472 g/mol. The second-order valence-corrected chi connectivity index (χ2v) is 9.14. The number of carbonyl (C=O) groups is 2. The number of ether oxygens (including phenoxy) is 2. The number of methoxy groups -OCH3 is 1. The van der Waals surface area contributed by atoms with Crippen LogP contribution in [-0.2, 0) is 14.9 Å². The van der Waals surface area contributed by atoms with Gasteiger partial charge in [0.05, 0.1) is 5.52 Å². The molecule has 2 amide bonds. The summed E-state index contributed by atoms with van der Waals surface area (Å²) in [5.41, 5.74) is 1.47. The van der Waals surface area contributed by atoms with E-state index >= 15 is 0 Å². The molecule has 37 heavy (non-hydrogen) atoms. The number of carbonyl (C=O) groups excluding carboxylic acids is 2. The highest BCUT2D eigenvalue weighted by Crippen LogP contribution is 2.31. The smallest absolute Gasteiger partial charge is 0.300 e. The van der Waals surface area contributed by atoms with Crippen LogP contribution in [0.3, 0.4) is 0 Å². The van der Waals surface area contributed by atoms with Gasteiger partial charge in [0.25, 0.3) is 11.8 Å². The average Bonchev–Trinajstić information content (AvgIpc) is 3.34. The molecule has 2 aromatic carbocycles. The molecule has 0 aliphatic rings. The fourth-order valence-corrected chi connectivity index (χ4v) is 3.32. The Bertz CT molecular complexity index is 1490. The van der Waals surface area contributed by atoms with Crippen molar-refractivity contribution >= 4 is 34.2 Å². The first-order valence-corrected chi connectivity index (χ1v) is 11.5. The summed E-state index contributed by atoms with van der Waals surface area (Å²) < 4.78 is 16.2. The quantitative estimate of drug-likeness (QED) is 0.353. The molecular formula is C28H26N4O5. The number of anilines is 2. The highest BCUT2D eigenvalue weighted by atomic mass is 16.5. The van der Waals surface area contributed by atoms with E-state index in [4.69, 9.17) is 14.0 Å². The zero-order valence-corrected chi connectivity index (χ0v) is 20.9. The lowest BCUT2D eigenvalue weighted by Crippen LogP contribution is -2.12. The SMILES string of the molecule is COCC#CC(=O)Nc1ccc2nccc(Oc3ccc(C(=O)Nc4cc(C(C)(C)C)on4)cc3)c2c1. The van der Waals surface area contributed by atoms with Gasteiger partial charge in [-0.05, 0) is 54.5 Å². The van der Waals surface area contributed by atoms with Crippen molar-refractivity contribution in [2.24, 2.45) is 0 Å². The Labute approximate surface area is 214 Å². The number of nitrogens with zero attached hydrogens (tertiary/aromatic N) is 2. The van der Waals surface area contributed by atoms with E-state index in [9.17, 15) is 9.59 Å². The predicted octanol–water partition coefficient (Wildman–Crippen LogP) is 5.15. The van der Waals surface area contributed by atoms with Crippen LogP contribution in [0.1, 0.15) is 36.9 Å². The molecule has 2 N–H and O–H groups in total. The van der Waals surface area contributed by atoms with Crippen molar-refractivity contribution in [2.75, 3.05) is 24.4 Å². The molecule has 188 valence electrons. The summed E-state index contributed by atoms with van der Waals surface area (Å²) in [6.07, 6.45) is 1.64. The Morgan fingerprint density at radius 3 is 2.51 bits per heavy atom. The molecule has 0 saturated carbocycles. The highest BCUT2D eigenvalue weighted by molar-refractivity contribution is 6.05. The normalized spacial score (nSPS) is 10.9. The fourth-order valence-electron chi connectivity index (χ4n) is 3.32. The minimum atomic E-state index is -0.447. The Morgan fingerprint density at radius 1 is 1.03 bits per heavy atom. The number of amides is 2. The number of benzene rings is 2. The average molecular weight is 499 g/mol.